The van der Waals surface area contributed by atoms with Gasteiger partial charge in [-0.2, -0.15) is 11.8 Å². The summed E-state index contributed by atoms with van der Waals surface area (Å²) in [4.78, 5) is 42.3. The number of benzene rings is 2. The van der Waals surface area contributed by atoms with Gasteiger partial charge in [0, 0.05) is 12.2 Å². The number of hydrogen-bond donors (Lipinski definition) is 2. The third-order valence-electron chi connectivity index (χ3n) is 5.82. The largest absolute Gasteiger partial charge is 0.497 e. The second kappa shape index (κ2) is 14.8. The van der Waals surface area contributed by atoms with Crippen LogP contribution in [-0.4, -0.2) is 60.1 Å². The summed E-state index contributed by atoms with van der Waals surface area (Å²) in [7, 11) is 1.58. The van der Waals surface area contributed by atoms with Gasteiger partial charge in [-0.3, -0.25) is 9.59 Å². The molecule has 214 valence electrons. The Morgan fingerprint density at radius 3 is 2.15 bits per heavy atom. The molecule has 2 aromatic rings. The lowest BCUT2D eigenvalue weighted by molar-refractivity contribution is -0.140. The van der Waals surface area contributed by atoms with Gasteiger partial charge in [-0.15, -0.1) is 0 Å². The number of ether oxygens (including phenoxy) is 2. The van der Waals surface area contributed by atoms with Crippen molar-refractivity contribution >= 4 is 35.4 Å². The molecule has 0 saturated carbocycles. The van der Waals surface area contributed by atoms with Crippen molar-refractivity contribution in [3.8, 4) is 5.75 Å². The van der Waals surface area contributed by atoms with Gasteiger partial charge in [0.15, 0.2) is 0 Å². The van der Waals surface area contributed by atoms with Crippen molar-refractivity contribution in [2.24, 2.45) is 0 Å². The van der Waals surface area contributed by atoms with E-state index in [1.54, 1.807) is 68.8 Å². The first kappa shape index (κ1) is 32.0. The summed E-state index contributed by atoms with van der Waals surface area (Å²) in [6, 6.07) is 11.2. The lowest BCUT2D eigenvalue weighted by Crippen LogP contribution is -2.52. The number of amides is 3. The quantitative estimate of drug-likeness (QED) is 0.338. The minimum Gasteiger partial charge on any atom is -0.497 e. The molecule has 2 atom stereocenters. The molecule has 2 aromatic carbocycles. The topological polar surface area (TPSA) is 97.0 Å². The molecule has 2 N–H and O–H groups in total. The molecule has 9 heteroatoms. The van der Waals surface area contributed by atoms with Crippen molar-refractivity contribution < 1.29 is 23.9 Å². The number of carbonyl (C=O) groups is 3. The average molecular weight is 558 g/mol. The molecule has 0 aliphatic heterocycles. The van der Waals surface area contributed by atoms with Crippen LogP contribution in [0.3, 0.4) is 0 Å². The van der Waals surface area contributed by atoms with Crippen molar-refractivity contribution in [1.29, 1.82) is 0 Å². The maximum Gasteiger partial charge on any atom is 0.408 e. The summed E-state index contributed by atoms with van der Waals surface area (Å²) in [6.45, 7) is 11.5. The molecule has 2 rings (SSSR count). The summed E-state index contributed by atoms with van der Waals surface area (Å²) in [5.74, 6) is 0.656. The van der Waals surface area contributed by atoms with Crippen molar-refractivity contribution in [2.45, 2.75) is 72.1 Å². The smallest absolute Gasteiger partial charge is 0.408 e. The van der Waals surface area contributed by atoms with E-state index < -0.39 is 23.8 Å². The highest BCUT2D eigenvalue weighted by molar-refractivity contribution is 7.98. The Morgan fingerprint density at radius 2 is 1.64 bits per heavy atom. The predicted octanol–water partition coefficient (Wildman–Crippen LogP) is 5.88. The van der Waals surface area contributed by atoms with Gasteiger partial charge in [0.25, 0.3) is 5.91 Å². The predicted molar refractivity (Wildman–Crippen MR) is 158 cm³/mol. The number of alkyl carbamates (subject to hydrolysis) is 1. The first-order valence-corrected chi connectivity index (χ1v) is 14.6. The Bertz CT molecular complexity index is 1090. The van der Waals surface area contributed by atoms with Crippen LogP contribution in [0.2, 0.25) is 0 Å². The van der Waals surface area contributed by atoms with Crippen LogP contribution in [-0.2, 0) is 14.3 Å². The molecule has 3 amide bonds. The molecule has 39 heavy (non-hydrogen) atoms. The Balaban J connectivity index is 2.51. The second-order valence-electron chi connectivity index (χ2n) is 10.6. The highest BCUT2D eigenvalue weighted by Crippen LogP contribution is 2.27. The zero-order chi connectivity index (χ0) is 29.2. The van der Waals surface area contributed by atoms with Gasteiger partial charge in [-0.1, -0.05) is 36.2 Å². The fourth-order valence-electron chi connectivity index (χ4n) is 4.28. The maximum atomic E-state index is 14.1. The van der Waals surface area contributed by atoms with Gasteiger partial charge in [-0.05, 0) is 89.3 Å². The van der Waals surface area contributed by atoms with Gasteiger partial charge in [0.05, 0.1) is 7.11 Å². The molecule has 8 nitrogen and oxygen atoms in total. The van der Waals surface area contributed by atoms with Gasteiger partial charge in [0.1, 0.15) is 23.4 Å². The minimum absolute atomic E-state index is 0.328. The van der Waals surface area contributed by atoms with E-state index in [-0.39, 0.29) is 11.8 Å². The highest BCUT2D eigenvalue weighted by atomic mass is 32.2. The Labute approximate surface area is 237 Å². The van der Waals surface area contributed by atoms with E-state index in [1.165, 1.54) is 0 Å². The molecule has 0 saturated heterocycles. The first-order valence-electron chi connectivity index (χ1n) is 13.2. The van der Waals surface area contributed by atoms with Crippen LogP contribution in [0, 0.1) is 13.8 Å². The SMILES string of the molecule is CCCN(C(=O)C(CCSC)NC(=O)OC(C)(C)C)C(C(=O)Nc1ccc(OC)cc1)c1cc(C)cc(C)c1. The van der Waals surface area contributed by atoms with Crippen LogP contribution < -0.4 is 15.4 Å². The fraction of sp³-hybridized carbons (Fsp3) is 0.500. The number of thioether (sulfide) groups is 1. The van der Waals surface area contributed by atoms with Gasteiger partial charge in [-0.25, -0.2) is 4.79 Å². The van der Waals surface area contributed by atoms with Gasteiger partial charge in [0.2, 0.25) is 5.91 Å². The number of rotatable bonds is 12. The zero-order valence-corrected chi connectivity index (χ0v) is 25.2. The summed E-state index contributed by atoms with van der Waals surface area (Å²) in [6.07, 6.45) is 2.31. The molecular formula is C30H43N3O5S. The van der Waals surface area contributed by atoms with Crippen LogP contribution in [0.4, 0.5) is 10.5 Å². The minimum atomic E-state index is -0.907. The Kier molecular flexibility index (Phi) is 12.2. The van der Waals surface area contributed by atoms with E-state index in [2.05, 4.69) is 10.6 Å². The number of nitrogens with zero attached hydrogens (tertiary/aromatic N) is 1. The van der Waals surface area contributed by atoms with E-state index in [1.807, 2.05) is 45.2 Å². The lowest BCUT2D eigenvalue weighted by Gasteiger charge is -2.34. The molecule has 0 fully saturated rings. The van der Waals surface area contributed by atoms with Crippen LogP contribution in [0.15, 0.2) is 42.5 Å². The third-order valence-corrected chi connectivity index (χ3v) is 6.47. The van der Waals surface area contributed by atoms with Crippen LogP contribution in [0.5, 0.6) is 5.75 Å². The second-order valence-corrected chi connectivity index (χ2v) is 11.5. The number of aryl methyl sites for hydroxylation is 2. The first-order chi connectivity index (χ1) is 18.4. The molecule has 2 unspecified atom stereocenters. The maximum absolute atomic E-state index is 14.1. The monoisotopic (exact) mass is 557 g/mol. The summed E-state index contributed by atoms with van der Waals surface area (Å²) >= 11 is 1.58. The van der Waals surface area contributed by atoms with Crippen molar-refractivity contribution in [3.63, 3.8) is 0 Å². The average Bonchev–Trinajstić information content (AvgIpc) is 2.84. The van der Waals surface area contributed by atoms with E-state index in [0.29, 0.717) is 42.1 Å². The van der Waals surface area contributed by atoms with Crippen molar-refractivity contribution in [1.82, 2.24) is 10.2 Å². The zero-order valence-electron chi connectivity index (χ0n) is 24.4. The number of hydrogen-bond acceptors (Lipinski definition) is 6. The number of anilines is 1. The molecular weight excluding hydrogens is 514 g/mol. The third kappa shape index (κ3) is 10.1. The van der Waals surface area contributed by atoms with Crippen LogP contribution in [0.25, 0.3) is 0 Å². The molecule has 0 aromatic heterocycles. The Morgan fingerprint density at radius 1 is 1.03 bits per heavy atom. The van der Waals surface area contributed by atoms with Crippen molar-refractivity contribution in [2.75, 3.05) is 31.0 Å². The van der Waals surface area contributed by atoms with Crippen LogP contribution in [0.1, 0.15) is 63.3 Å². The Hall–Kier alpha value is -3.20. The van der Waals surface area contributed by atoms with E-state index in [9.17, 15) is 14.4 Å². The van der Waals surface area contributed by atoms with Crippen LogP contribution >= 0.6 is 11.8 Å². The van der Waals surface area contributed by atoms with Gasteiger partial charge >= 0.3 is 6.09 Å². The van der Waals surface area contributed by atoms with E-state index in [0.717, 1.165) is 11.1 Å². The molecule has 0 spiro atoms. The molecule has 0 heterocycles. The molecule has 0 aliphatic rings. The highest BCUT2D eigenvalue weighted by Gasteiger charge is 2.36. The fourth-order valence-corrected chi connectivity index (χ4v) is 4.75. The van der Waals surface area contributed by atoms with Gasteiger partial charge < -0.3 is 25.0 Å². The lowest BCUT2D eigenvalue weighted by atomic mass is 9.98. The number of nitrogens with one attached hydrogen (secondary N) is 2. The molecule has 0 aliphatic carbocycles. The number of methoxy groups -OCH3 is 1. The number of carbonyl (C=O) groups excluding carboxylic acids is 3. The summed E-state index contributed by atoms with van der Waals surface area (Å²) in [5, 5.41) is 5.74. The molecule has 0 bridgehead atoms. The standard InChI is InChI=1S/C30H43N3O5S/c1-9-15-33(28(35)25(14-16-39-8)32-29(36)38-30(4,5)6)26(22-18-20(2)17-21(3)19-22)27(34)31-23-10-12-24(37-7)13-11-23/h10-13,17-19,25-26H,9,14-16H2,1-8H3,(H,31,34)(H,32,36). The molecule has 0 radical (unpaired) electrons. The summed E-state index contributed by atoms with van der Waals surface area (Å²) in [5.41, 5.74) is 2.56. The normalized spacial score (nSPS) is 12.7. The van der Waals surface area contributed by atoms with Crippen molar-refractivity contribution in [3.05, 3.63) is 59.2 Å². The van der Waals surface area contributed by atoms with E-state index in [4.69, 9.17) is 9.47 Å². The van der Waals surface area contributed by atoms with E-state index >= 15 is 0 Å². The summed E-state index contributed by atoms with van der Waals surface area (Å²) < 4.78 is 10.7.